The summed E-state index contributed by atoms with van der Waals surface area (Å²) in [5.41, 5.74) is 0. The third-order valence-corrected chi connectivity index (χ3v) is 10.7. The summed E-state index contributed by atoms with van der Waals surface area (Å²) in [5, 5.41) is 0. The summed E-state index contributed by atoms with van der Waals surface area (Å²) in [7, 11) is 0. The van der Waals surface area contributed by atoms with Crippen molar-refractivity contribution in [2.45, 2.75) is 219 Å². The molecule has 5 nitrogen and oxygen atoms in total. The number of esters is 2. The lowest BCUT2D eigenvalue weighted by molar-refractivity contribution is -0.162. The lowest BCUT2D eigenvalue weighted by Crippen LogP contribution is -2.30. The van der Waals surface area contributed by atoms with Gasteiger partial charge in [-0.25, -0.2) is 0 Å². The Morgan fingerprint density at radius 2 is 0.712 bits per heavy atom. The number of hydrogen-bond acceptors (Lipinski definition) is 5. The van der Waals surface area contributed by atoms with Crippen molar-refractivity contribution < 1.29 is 23.8 Å². The fourth-order valence-electron chi connectivity index (χ4n) is 6.76. The minimum Gasteiger partial charge on any atom is -0.462 e. The van der Waals surface area contributed by atoms with Crippen LogP contribution >= 0.6 is 0 Å². The summed E-state index contributed by atoms with van der Waals surface area (Å²) in [6, 6.07) is 0. The molecular weight excluding hydrogens is 813 g/mol. The monoisotopic (exact) mass is 911 g/mol. The van der Waals surface area contributed by atoms with E-state index in [0.29, 0.717) is 25.9 Å². The van der Waals surface area contributed by atoms with Crippen LogP contribution in [0.2, 0.25) is 0 Å². The van der Waals surface area contributed by atoms with Crippen LogP contribution in [0.5, 0.6) is 0 Å². The predicted octanol–water partition coefficient (Wildman–Crippen LogP) is 18.3. The first-order chi connectivity index (χ1) is 32.6. The van der Waals surface area contributed by atoms with Crippen molar-refractivity contribution in [3.05, 3.63) is 134 Å². The van der Waals surface area contributed by atoms with Gasteiger partial charge in [-0.1, -0.05) is 212 Å². The van der Waals surface area contributed by atoms with Crippen LogP contribution < -0.4 is 0 Å². The fraction of sp³-hybridized carbons (Fsp3) is 0.607. The van der Waals surface area contributed by atoms with Crippen LogP contribution in [0, 0.1) is 0 Å². The second-order valence-corrected chi connectivity index (χ2v) is 17.0. The molecule has 0 bridgehead atoms. The number of carbonyl (C=O) groups excluding carboxylic acids is 2. The van der Waals surface area contributed by atoms with E-state index in [1.54, 1.807) is 0 Å². The van der Waals surface area contributed by atoms with Crippen LogP contribution in [0.3, 0.4) is 0 Å². The third-order valence-electron chi connectivity index (χ3n) is 10.7. The lowest BCUT2D eigenvalue weighted by atomic mass is 10.1. The molecule has 0 saturated heterocycles. The summed E-state index contributed by atoms with van der Waals surface area (Å²) in [5.74, 6) is -0.540. The van der Waals surface area contributed by atoms with Gasteiger partial charge in [0, 0.05) is 19.4 Å². The Kier molecular flexibility index (Phi) is 52.0. The molecule has 372 valence electrons. The first-order valence-electron chi connectivity index (χ1n) is 26.7. The van der Waals surface area contributed by atoms with Gasteiger partial charge in [0.05, 0.1) is 6.61 Å². The topological polar surface area (TPSA) is 61.8 Å². The minimum atomic E-state index is -0.595. The van der Waals surface area contributed by atoms with Crippen molar-refractivity contribution in [3.63, 3.8) is 0 Å². The Morgan fingerprint density at radius 1 is 0.348 bits per heavy atom. The van der Waals surface area contributed by atoms with Gasteiger partial charge >= 0.3 is 11.9 Å². The van der Waals surface area contributed by atoms with Crippen LogP contribution in [0.15, 0.2) is 134 Å². The van der Waals surface area contributed by atoms with Gasteiger partial charge in [0.25, 0.3) is 0 Å². The van der Waals surface area contributed by atoms with Crippen molar-refractivity contribution in [1.29, 1.82) is 0 Å². The molecule has 0 rings (SSSR count). The molecule has 66 heavy (non-hydrogen) atoms. The summed E-state index contributed by atoms with van der Waals surface area (Å²) >= 11 is 0. The number of ether oxygens (including phenoxy) is 3. The molecule has 0 heterocycles. The first-order valence-corrected chi connectivity index (χ1v) is 26.7. The van der Waals surface area contributed by atoms with Crippen molar-refractivity contribution >= 4 is 11.9 Å². The molecule has 1 unspecified atom stereocenters. The van der Waals surface area contributed by atoms with Gasteiger partial charge in [-0.2, -0.15) is 0 Å². The molecule has 5 heteroatoms. The largest absolute Gasteiger partial charge is 0.462 e. The van der Waals surface area contributed by atoms with Crippen molar-refractivity contribution in [2.24, 2.45) is 0 Å². The zero-order valence-electron chi connectivity index (χ0n) is 42.7. The van der Waals surface area contributed by atoms with Crippen LogP contribution in [-0.4, -0.2) is 37.9 Å². The van der Waals surface area contributed by atoms with E-state index in [0.717, 1.165) is 103 Å². The molecule has 0 spiro atoms. The van der Waals surface area contributed by atoms with Crippen molar-refractivity contribution in [3.8, 4) is 0 Å². The molecule has 0 aliphatic heterocycles. The SMILES string of the molecule is CC/C=C\C/C=C\C/C=C\C/C=C\C/C=C\C/C=C\CCC(=O)OCC(COCCCCCCCCCC/C=C\C/C=C\CCCCC)OC(=O)CCCCC/C=C\C/C=C\C/C=C\CC. The summed E-state index contributed by atoms with van der Waals surface area (Å²) < 4.78 is 17.3. The summed E-state index contributed by atoms with van der Waals surface area (Å²) in [6.07, 6.45) is 79.1. The average molecular weight is 911 g/mol. The van der Waals surface area contributed by atoms with E-state index >= 15 is 0 Å². The maximum absolute atomic E-state index is 12.8. The Hall–Kier alpha value is -3.96. The maximum Gasteiger partial charge on any atom is 0.306 e. The van der Waals surface area contributed by atoms with Gasteiger partial charge in [-0.15, -0.1) is 0 Å². The molecule has 0 aliphatic carbocycles. The Morgan fingerprint density at radius 3 is 1.15 bits per heavy atom. The second-order valence-electron chi connectivity index (χ2n) is 17.0. The first kappa shape index (κ1) is 62.0. The molecule has 0 fully saturated rings. The van der Waals surface area contributed by atoms with Crippen LogP contribution in [0.25, 0.3) is 0 Å². The van der Waals surface area contributed by atoms with Gasteiger partial charge in [0.15, 0.2) is 6.10 Å². The fourth-order valence-corrected chi connectivity index (χ4v) is 6.76. The molecule has 1 atom stereocenters. The van der Waals surface area contributed by atoms with Gasteiger partial charge in [-0.3, -0.25) is 9.59 Å². The standard InChI is InChI=1S/C61H98O5/c1-4-7-10-13-16-19-22-25-27-29-31-32-34-37-39-42-45-48-51-54-60(62)65-58-59(66-61(63)55-52-49-46-43-40-36-24-21-18-15-12-9-6-3)57-64-56-53-50-47-44-41-38-35-33-30-28-26-23-20-17-14-11-8-5-2/h7,9-10,12,16-21,25-28,31-32,36-37,39-40,45,48,59H,4-6,8,11,13-15,22-24,29-30,33-35,38,41-44,46-47,49-58H2,1-3H3/b10-7-,12-9-,19-16-,20-17-,21-18-,27-25-,28-26-,32-31-,39-37-,40-36-,48-45-. The van der Waals surface area contributed by atoms with Gasteiger partial charge in [0.1, 0.15) is 6.61 Å². The molecule has 0 aromatic rings. The molecule has 0 saturated carbocycles. The average Bonchev–Trinajstić information content (AvgIpc) is 3.32. The normalized spacial score (nSPS) is 13.3. The molecule has 0 aliphatic rings. The Bertz CT molecular complexity index is 1400. The van der Waals surface area contributed by atoms with E-state index in [1.807, 2.05) is 6.08 Å². The number of rotatable bonds is 47. The maximum atomic E-state index is 12.8. The third kappa shape index (κ3) is 52.7. The smallest absolute Gasteiger partial charge is 0.306 e. The number of carbonyl (C=O) groups is 2. The van der Waals surface area contributed by atoms with Crippen LogP contribution in [-0.2, 0) is 23.8 Å². The highest BCUT2D eigenvalue weighted by molar-refractivity contribution is 5.70. The van der Waals surface area contributed by atoms with E-state index in [-0.39, 0.29) is 25.2 Å². The predicted molar refractivity (Wildman–Crippen MR) is 288 cm³/mol. The van der Waals surface area contributed by atoms with Crippen LogP contribution in [0.4, 0.5) is 0 Å². The highest BCUT2D eigenvalue weighted by atomic mass is 16.6. The highest BCUT2D eigenvalue weighted by Gasteiger charge is 2.17. The summed E-state index contributed by atoms with van der Waals surface area (Å²) in [4.78, 5) is 25.4. The minimum absolute atomic E-state index is 0.0222. The van der Waals surface area contributed by atoms with Gasteiger partial charge in [-0.05, 0) is 122 Å². The van der Waals surface area contributed by atoms with Crippen molar-refractivity contribution in [2.75, 3.05) is 19.8 Å². The zero-order valence-corrected chi connectivity index (χ0v) is 42.7. The summed E-state index contributed by atoms with van der Waals surface area (Å²) in [6.45, 7) is 7.43. The van der Waals surface area contributed by atoms with E-state index in [9.17, 15) is 9.59 Å². The van der Waals surface area contributed by atoms with E-state index in [2.05, 4.69) is 148 Å². The van der Waals surface area contributed by atoms with E-state index < -0.39 is 6.10 Å². The molecular formula is C61H98O5. The Labute approximate surface area is 407 Å². The number of hydrogen-bond donors (Lipinski definition) is 0. The van der Waals surface area contributed by atoms with Gasteiger partial charge in [0.2, 0.25) is 0 Å². The highest BCUT2D eigenvalue weighted by Crippen LogP contribution is 2.12. The number of unbranched alkanes of at least 4 members (excludes halogenated alkanes) is 14. The van der Waals surface area contributed by atoms with Crippen LogP contribution in [0.1, 0.15) is 213 Å². The zero-order chi connectivity index (χ0) is 47.7. The lowest BCUT2D eigenvalue weighted by Gasteiger charge is -2.18. The number of allylic oxidation sites excluding steroid dienone is 22. The van der Waals surface area contributed by atoms with E-state index in [4.69, 9.17) is 14.2 Å². The van der Waals surface area contributed by atoms with Crippen molar-refractivity contribution in [1.82, 2.24) is 0 Å². The molecule has 0 radical (unpaired) electrons. The molecule has 0 N–H and O–H groups in total. The van der Waals surface area contributed by atoms with Gasteiger partial charge < -0.3 is 14.2 Å². The Balaban J connectivity index is 4.44. The quantitative estimate of drug-likeness (QED) is 0.0346. The molecule has 0 aromatic heterocycles. The molecule has 0 amide bonds. The second kappa shape index (κ2) is 55.4. The molecule has 0 aromatic carbocycles. The van der Waals surface area contributed by atoms with E-state index in [1.165, 1.54) is 70.6 Å².